The van der Waals surface area contributed by atoms with Crippen LogP contribution in [0, 0.1) is 11.8 Å². The average molecular weight is 225 g/mol. The van der Waals surface area contributed by atoms with Crippen LogP contribution in [0.1, 0.15) is 47.0 Å². The van der Waals surface area contributed by atoms with Gasteiger partial charge in [0.1, 0.15) is 0 Å². The largest absolute Gasteiger partial charge is 0.379 e. The minimum Gasteiger partial charge on any atom is -0.379 e. The third-order valence-electron chi connectivity index (χ3n) is 4.60. The van der Waals surface area contributed by atoms with Crippen molar-refractivity contribution in [2.24, 2.45) is 11.8 Å². The van der Waals surface area contributed by atoms with Gasteiger partial charge in [0.25, 0.3) is 0 Å². The summed E-state index contributed by atoms with van der Waals surface area (Å²) in [7, 11) is 0. The maximum atomic E-state index is 5.85. The Morgan fingerprint density at radius 2 is 1.94 bits per heavy atom. The highest BCUT2D eigenvalue weighted by molar-refractivity contribution is 5.03. The van der Waals surface area contributed by atoms with Crippen molar-refractivity contribution in [2.75, 3.05) is 19.8 Å². The van der Waals surface area contributed by atoms with E-state index in [-0.39, 0.29) is 0 Å². The summed E-state index contributed by atoms with van der Waals surface area (Å²) in [4.78, 5) is 2.73. The van der Waals surface area contributed by atoms with Crippen LogP contribution in [0.5, 0.6) is 0 Å². The summed E-state index contributed by atoms with van der Waals surface area (Å²) in [6.45, 7) is 12.6. The second-order valence-electron chi connectivity index (χ2n) is 6.21. The number of piperidine rings is 1. The molecule has 0 saturated carbocycles. The third kappa shape index (κ3) is 1.91. The van der Waals surface area contributed by atoms with Crippen LogP contribution in [0.15, 0.2) is 0 Å². The van der Waals surface area contributed by atoms with Gasteiger partial charge in [-0.1, -0.05) is 20.3 Å². The molecule has 2 heteroatoms. The standard InChI is InChI=1S/C14H27NO/c1-11(2)13-9-16-10-14(13)7-5-6-8-15(14)12(3)4/h11-13H,5-10H2,1-4H3. The minimum atomic E-state index is 0.362. The zero-order valence-electron chi connectivity index (χ0n) is 11.3. The highest BCUT2D eigenvalue weighted by Gasteiger charge is 2.50. The Labute approximate surface area is 100 Å². The molecule has 0 aromatic carbocycles. The molecule has 0 bridgehead atoms. The monoisotopic (exact) mass is 225 g/mol. The van der Waals surface area contributed by atoms with Crippen molar-refractivity contribution in [2.45, 2.75) is 58.5 Å². The summed E-state index contributed by atoms with van der Waals surface area (Å²) >= 11 is 0. The molecule has 94 valence electrons. The lowest BCUT2D eigenvalue weighted by molar-refractivity contribution is -0.0198. The van der Waals surface area contributed by atoms with E-state index in [9.17, 15) is 0 Å². The van der Waals surface area contributed by atoms with Crippen molar-refractivity contribution in [3.63, 3.8) is 0 Å². The van der Waals surface area contributed by atoms with Gasteiger partial charge in [0, 0.05) is 17.5 Å². The zero-order chi connectivity index (χ0) is 11.8. The fraction of sp³-hybridized carbons (Fsp3) is 1.00. The zero-order valence-corrected chi connectivity index (χ0v) is 11.3. The van der Waals surface area contributed by atoms with Gasteiger partial charge in [0.2, 0.25) is 0 Å². The van der Waals surface area contributed by atoms with Crippen LogP contribution in [-0.4, -0.2) is 36.2 Å². The van der Waals surface area contributed by atoms with Crippen LogP contribution in [0.3, 0.4) is 0 Å². The molecule has 2 unspecified atom stereocenters. The Balaban J connectivity index is 2.24. The van der Waals surface area contributed by atoms with Gasteiger partial charge < -0.3 is 4.74 Å². The molecule has 2 atom stereocenters. The summed E-state index contributed by atoms with van der Waals surface area (Å²) in [5.74, 6) is 1.47. The highest BCUT2D eigenvalue weighted by Crippen LogP contribution is 2.43. The summed E-state index contributed by atoms with van der Waals surface area (Å²) in [5, 5.41) is 0. The molecule has 2 nitrogen and oxygen atoms in total. The minimum absolute atomic E-state index is 0.362. The van der Waals surface area contributed by atoms with E-state index >= 15 is 0 Å². The molecule has 2 heterocycles. The van der Waals surface area contributed by atoms with Gasteiger partial charge in [-0.05, 0) is 39.2 Å². The predicted octanol–water partition coefficient (Wildman–Crippen LogP) is 2.92. The smallest absolute Gasteiger partial charge is 0.0654 e. The molecular weight excluding hydrogens is 198 g/mol. The molecule has 2 rings (SSSR count). The van der Waals surface area contributed by atoms with Crippen LogP contribution in [0.2, 0.25) is 0 Å². The first kappa shape index (κ1) is 12.4. The molecule has 0 amide bonds. The first-order chi connectivity index (χ1) is 7.58. The molecule has 2 aliphatic heterocycles. The molecule has 0 N–H and O–H groups in total. The SMILES string of the molecule is CC(C)C1COCC12CCCCN2C(C)C. The van der Waals surface area contributed by atoms with E-state index in [1.54, 1.807) is 0 Å². The topological polar surface area (TPSA) is 12.5 Å². The van der Waals surface area contributed by atoms with Gasteiger partial charge in [0.15, 0.2) is 0 Å². The second-order valence-corrected chi connectivity index (χ2v) is 6.21. The molecule has 0 radical (unpaired) electrons. The van der Waals surface area contributed by atoms with E-state index in [2.05, 4.69) is 32.6 Å². The van der Waals surface area contributed by atoms with Gasteiger partial charge in [-0.3, -0.25) is 4.90 Å². The Morgan fingerprint density at radius 3 is 2.56 bits per heavy atom. The summed E-state index contributed by atoms with van der Waals surface area (Å²) < 4.78 is 5.85. The maximum Gasteiger partial charge on any atom is 0.0654 e. The molecule has 0 aromatic rings. The first-order valence-corrected chi connectivity index (χ1v) is 6.92. The van der Waals surface area contributed by atoms with Crippen LogP contribution < -0.4 is 0 Å². The molecule has 2 aliphatic rings. The van der Waals surface area contributed by atoms with Gasteiger partial charge in [-0.15, -0.1) is 0 Å². The van der Waals surface area contributed by atoms with Crippen molar-refractivity contribution in [1.29, 1.82) is 0 Å². The lowest BCUT2D eigenvalue weighted by atomic mass is 9.73. The molecule has 1 spiro atoms. The molecule has 0 aliphatic carbocycles. The van der Waals surface area contributed by atoms with E-state index in [0.717, 1.165) is 25.0 Å². The second kappa shape index (κ2) is 4.66. The average Bonchev–Trinajstić information content (AvgIpc) is 2.62. The lowest BCUT2D eigenvalue weighted by Gasteiger charge is -2.50. The predicted molar refractivity (Wildman–Crippen MR) is 67.6 cm³/mol. The summed E-state index contributed by atoms with van der Waals surface area (Å²) in [6.07, 6.45) is 4.09. The Bertz CT molecular complexity index is 239. The number of rotatable bonds is 2. The quantitative estimate of drug-likeness (QED) is 0.716. The van der Waals surface area contributed by atoms with Crippen LogP contribution in [-0.2, 0) is 4.74 Å². The number of hydrogen-bond acceptors (Lipinski definition) is 2. The molecular formula is C14H27NO. The highest BCUT2D eigenvalue weighted by atomic mass is 16.5. The van der Waals surface area contributed by atoms with E-state index in [1.807, 2.05) is 0 Å². The number of likely N-dealkylation sites (tertiary alicyclic amines) is 1. The van der Waals surface area contributed by atoms with Gasteiger partial charge in [0.05, 0.1) is 13.2 Å². The van der Waals surface area contributed by atoms with Crippen molar-refractivity contribution < 1.29 is 4.74 Å². The molecule has 2 saturated heterocycles. The van der Waals surface area contributed by atoms with Crippen molar-refractivity contribution in [3.05, 3.63) is 0 Å². The van der Waals surface area contributed by atoms with Crippen LogP contribution >= 0.6 is 0 Å². The molecule has 0 aromatic heterocycles. The van der Waals surface area contributed by atoms with Gasteiger partial charge in [-0.25, -0.2) is 0 Å². The van der Waals surface area contributed by atoms with Crippen LogP contribution in [0.25, 0.3) is 0 Å². The molecule has 16 heavy (non-hydrogen) atoms. The third-order valence-corrected chi connectivity index (χ3v) is 4.60. The van der Waals surface area contributed by atoms with Crippen molar-refractivity contribution in [1.82, 2.24) is 4.90 Å². The van der Waals surface area contributed by atoms with E-state index in [1.165, 1.54) is 25.8 Å². The summed E-state index contributed by atoms with van der Waals surface area (Å²) in [6, 6.07) is 0.656. The normalized spacial score (nSPS) is 36.8. The number of ether oxygens (including phenoxy) is 1. The van der Waals surface area contributed by atoms with E-state index in [4.69, 9.17) is 4.74 Å². The Hall–Kier alpha value is -0.0800. The van der Waals surface area contributed by atoms with Gasteiger partial charge in [-0.2, -0.15) is 0 Å². The maximum absolute atomic E-state index is 5.85. The first-order valence-electron chi connectivity index (χ1n) is 6.92. The summed E-state index contributed by atoms with van der Waals surface area (Å²) in [5.41, 5.74) is 0.362. The Kier molecular flexibility index (Phi) is 3.60. The van der Waals surface area contributed by atoms with Gasteiger partial charge >= 0.3 is 0 Å². The van der Waals surface area contributed by atoms with Crippen molar-refractivity contribution in [3.8, 4) is 0 Å². The van der Waals surface area contributed by atoms with Crippen LogP contribution in [0.4, 0.5) is 0 Å². The lowest BCUT2D eigenvalue weighted by Crippen LogP contribution is -2.60. The Morgan fingerprint density at radius 1 is 1.19 bits per heavy atom. The number of hydrogen-bond donors (Lipinski definition) is 0. The number of nitrogens with zero attached hydrogens (tertiary/aromatic N) is 1. The van der Waals surface area contributed by atoms with E-state index in [0.29, 0.717) is 11.6 Å². The fourth-order valence-corrected chi connectivity index (χ4v) is 3.84. The fourth-order valence-electron chi connectivity index (χ4n) is 3.84. The van der Waals surface area contributed by atoms with Crippen molar-refractivity contribution >= 4 is 0 Å². The van der Waals surface area contributed by atoms with E-state index < -0.39 is 0 Å². The molecule has 2 fully saturated rings.